The number of amides is 1. The van der Waals surface area contributed by atoms with Crippen molar-refractivity contribution in [1.82, 2.24) is 9.73 Å². The van der Waals surface area contributed by atoms with Crippen LogP contribution in [0.1, 0.15) is 33.4 Å². The van der Waals surface area contributed by atoms with Crippen LogP contribution in [-0.4, -0.2) is 37.9 Å². The van der Waals surface area contributed by atoms with Crippen molar-refractivity contribution in [3.05, 3.63) is 100 Å². The number of nitrogens with zero attached hydrogens (tertiary/aromatic N) is 2. The highest BCUT2D eigenvalue weighted by molar-refractivity contribution is 7.89. The molecule has 0 unspecified atom stereocenters. The van der Waals surface area contributed by atoms with Gasteiger partial charge in [-0.25, -0.2) is 13.8 Å². The Morgan fingerprint density at radius 2 is 1.57 bits per heavy atom. The van der Waals surface area contributed by atoms with E-state index in [9.17, 15) is 26.4 Å². The highest BCUT2D eigenvalue weighted by Gasteiger charge is 2.33. The number of aryl methyl sites for hydroxylation is 3. The SMILES string of the molecule is Cc1cc(C)c(S(=O)(=O)N(CCc2ccccc2)CC(=O)N/N=C/c2ccccc2C(F)(F)F)c(C)c1. The van der Waals surface area contributed by atoms with Crippen LogP contribution in [0.5, 0.6) is 0 Å². The third-order valence-electron chi connectivity index (χ3n) is 5.67. The maximum absolute atomic E-state index is 13.7. The lowest BCUT2D eigenvalue weighted by molar-refractivity contribution is -0.137. The summed E-state index contributed by atoms with van der Waals surface area (Å²) in [6.45, 7) is 4.73. The number of rotatable bonds is 9. The highest BCUT2D eigenvalue weighted by atomic mass is 32.2. The third kappa shape index (κ3) is 7.27. The number of halogens is 3. The molecule has 0 fully saturated rings. The van der Waals surface area contributed by atoms with Gasteiger partial charge in [0.1, 0.15) is 0 Å². The molecule has 37 heavy (non-hydrogen) atoms. The standard InChI is InChI=1S/C27H28F3N3O3S/c1-19-15-20(2)26(21(3)16-19)37(35,36)33(14-13-22-9-5-4-6-10-22)18-25(34)32-31-17-23-11-7-8-12-24(23)27(28,29)30/h4-12,15-17H,13-14,18H2,1-3H3,(H,32,34)/b31-17+. The third-order valence-corrected chi connectivity index (χ3v) is 7.83. The van der Waals surface area contributed by atoms with Crippen molar-refractivity contribution in [3.63, 3.8) is 0 Å². The number of carbonyl (C=O) groups excluding carboxylic acids is 1. The monoisotopic (exact) mass is 531 g/mol. The van der Waals surface area contributed by atoms with Gasteiger partial charge in [-0.15, -0.1) is 0 Å². The van der Waals surface area contributed by atoms with Gasteiger partial charge in [-0.2, -0.15) is 22.6 Å². The molecule has 6 nitrogen and oxygen atoms in total. The van der Waals surface area contributed by atoms with Gasteiger partial charge in [0.25, 0.3) is 5.91 Å². The number of carbonyl (C=O) groups is 1. The largest absolute Gasteiger partial charge is 0.417 e. The molecule has 3 rings (SSSR count). The fourth-order valence-electron chi connectivity index (χ4n) is 4.12. The number of hydrogen-bond acceptors (Lipinski definition) is 4. The summed E-state index contributed by atoms with van der Waals surface area (Å²) in [4.78, 5) is 12.8. The molecular formula is C27H28F3N3O3S. The van der Waals surface area contributed by atoms with Gasteiger partial charge in [0.2, 0.25) is 10.0 Å². The minimum absolute atomic E-state index is 0.0210. The molecule has 0 atom stereocenters. The molecule has 3 aromatic carbocycles. The first kappa shape index (κ1) is 28.1. The summed E-state index contributed by atoms with van der Waals surface area (Å²) in [5.41, 5.74) is 3.96. The lowest BCUT2D eigenvalue weighted by Gasteiger charge is -2.24. The van der Waals surface area contributed by atoms with E-state index in [2.05, 4.69) is 10.5 Å². The summed E-state index contributed by atoms with van der Waals surface area (Å²) in [7, 11) is -4.08. The molecule has 1 N–H and O–H groups in total. The van der Waals surface area contributed by atoms with Crippen LogP contribution in [0, 0.1) is 20.8 Å². The summed E-state index contributed by atoms with van der Waals surface area (Å²) in [6, 6.07) is 17.6. The predicted molar refractivity (Wildman–Crippen MR) is 137 cm³/mol. The first-order valence-corrected chi connectivity index (χ1v) is 12.9. The second-order valence-corrected chi connectivity index (χ2v) is 10.6. The summed E-state index contributed by atoms with van der Waals surface area (Å²) in [5.74, 6) is -0.778. The number of sulfonamides is 1. The Labute approximate surface area is 214 Å². The molecule has 3 aromatic rings. The summed E-state index contributed by atoms with van der Waals surface area (Å²) < 4.78 is 68.0. The van der Waals surface area contributed by atoms with Crippen LogP contribution in [0.25, 0.3) is 0 Å². The van der Waals surface area contributed by atoms with Gasteiger partial charge in [0.05, 0.1) is 23.2 Å². The molecule has 0 bridgehead atoms. The lowest BCUT2D eigenvalue weighted by atomic mass is 10.1. The molecular weight excluding hydrogens is 503 g/mol. The maximum Gasteiger partial charge on any atom is 0.417 e. The number of hydrazone groups is 1. The van der Waals surface area contributed by atoms with Crippen molar-refractivity contribution in [2.24, 2.45) is 5.10 Å². The normalized spacial score (nSPS) is 12.3. The van der Waals surface area contributed by atoms with Crippen molar-refractivity contribution in [1.29, 1.82) is 0 Å². The first-order chi connectivity index (χ1) is 17.4. The van der Waals surface area contributed by atoms with Crippen LogP contribution < -0.4 is 5.43 Å². The van der Waals surface area contributed by atoms with Crippen molar-refractivity contribution >= 4 is 22.1 Å². The Morgan fingerprint density at radius 1 is 0.973 bits per heavy atom. The van der Waals surface area contributed by atoms with E-state index < -0.39 is 34.2 Å². The van der Waals surface area contributed by atoms with Crippen LogP contribution in [0.4, 0.5) is 13.2 Å². The van der Waals surface area contributed by atoms with E-state index in [4.69, 9.17) is 0 Å². The van der Waals surface area contributed by atoms with Crippen LogP contribution in [0.2, 0.25) is 0 Å². The van der Waals surface area contributed by atoms with E-state index >= 15 is 0 Å². The van der Waals surface area contributed by atoms with Gasteiger partial charge >= 0.3 is 6.18 Å². The molecule has 0 aliphatic carbocycles. The van der Waals surface area contributed by atoms with Crippen LogP contribution >= 0.6 is 0 Å². The molecule has 0 saturated carbocycles. The van der Waals surface area contributed by atoms with Crippen LogP contribution in [0.15, 0.2) is 76.7 Å². The molecule has 0 heterocycles. The molecule has 196 valence electrons. The highest BCUT2D eigenvalue weighted by Crippen LogP contribution is 2.31. The van der Waals surface area contributed by atoms with E-state index in [1.54, 1.807) is 26.0 Å². The number of hydrogen-bond donors (Lipinski definition) is 1. The molecule has 0 aliphatic heterocycles. The smallest absolute Gasteiger partial charge is 0.272 e. The van der Waals surface area contributed by atoms with Gasteiger partial charge < -0.3 is 0 Å². The van der Waals surface area contributed by atoms with Crippen molar-refractivity contribution in [2.45, 2.75) is 38.3 Å². The molecule has 0 spiro atoms. The zero-order chi connectivity index (χ0) is 27.2. The quantitative estimate of drug-likeness (QED) is 0.311. The average Bonchev–Trinajstić information content (AvgIpc) is 2.81. The average molecular weight is 532 g/mol. The number of benzene rings is 3. The minimum Gasteiger partial charge on any atom is -0.272 e. The second-order valence-electron chi connectivity index (χ2n) is 8.68. The van der Waals surface area contributed by atoms with Crippen molar-refractivity contribution in [3.8, 4) is 0 Å². The van der Waals surface area contributed by atoms with E-state index in [-0.39, 0.29) is 17.0 Å². The summed E-state index contributed by atoms with van der Waals surface area (Å²) >= 11 is 0. The van der Waals surface area contributed by atoms with Crippen molar-refractivity contribution < 1.29 is 26.4 Å². The molecule has 0 aliphatic rings. The van der Waals surface area contributed by atoms with Gasteiger partial charge in [-0.1, -0.05) is 66.2 Å². The molecule has 0 aromatic heterocycles. The minimum atomic E-state index is -4.58. The maximum atomic E-state index is 13.7. The van der Waals surface area contributed by atoms with E-state index in [1.807, 2.05) is 37.3 Å². The molecule has 10 heteroatoms. The number of alkyl halides is 3. The zero-order valence-electron chi connectivity index (χ0n) is 20.7. The molecule has 0 radical (unpaired) electrons. The summed E-state index contributed by atoms with van der Waals surface area (Å²) in [6.07, 6.45) is -3.34. The Hall–Kier alpha value is -3.50. The number of nitrogens with one attached hydrogen (secondary N) is 1. The Kier molecular flexibility index (Phi) is 8.88. The Morgan fingerprint density at radius 3 is 2.19 bits per heavy atom. The topological polar surface area (TPSA) is 78.8 Å². The van der Waals surface area contributed by atoms with Gasteiger partial charge in [-0.3, -0.25) is 4.79 Å². The zero-order valence-corrected chi connectivity index (χ0v) is 21.5. The fourth-order valence-corrected chi connectivity index (χ4v) is 5.93. The molecule has 0 saturated heterocycles. The van der Waals surface area contributed by atoms with Crippen LogP contribution in [-0.2, 0) is 27.4 Å². The van der Waals surface area contributed by atoms with E-state index in [0.29, 0.717) is 17.5 Å². The fraction of sp³-hybridized carbons (Fsp3) is 0.259. The Bertz CT molecular complexity index is 1370. The predicted octanol–water partition coefficient (Wildman–Crippen LogP) is 5.01. The van der Waals surface area contributed by atoms with Crippen molar-refractivity contribution in [2.75, 3.05) is 13.1 Å². The van der Waals surface area contributed by atoms with E-state index in [1.165, 1.54) is 18.2 Å². The van der Waals surface area contributed by atoms with Gasteiger partial charge in [0, 0.05) is 12.1 Å². The first-order valence-electron chi connectivity index (χ1n) is 11.5. The Balaban J connectivity index is 1.84. The summed E-state index contributed by atoms with van der Waals surface area (Å²) in [5, 5.41) is 3.64. The lowest BCUT2D eigenvalue weighted by Crippen LogP contribution is -2.41. The van der Waals surface area contributed by atoms with Gasteiger partial charge in [-0.05, 0) is 49.9 Å². The molecule has 1 amide bonds. The van der Waals surface area contributed by atoms with E-state index in [0.717, 1.165) is 27.7 Å². The van der Waals surface area contributed by atoms with Crippen LogP contribution in [0.3, 0.4) is 0 Å². The second kappa shape index (κ2) is 11.7. The van der Waals surface area contributed by atoms with Gasteiger partial charge in [0.15, 0.2) is 0 Å².